The van der Waals surface area contributed by atoms with Crippen LogP contribution in [0, 0.1) is 5.41 Å². The SMILES string of the molecule is C=CC(=O)Oc1ccc(-c2ccc(-c3ccc(OC(=O)C(C)(C)C)cc3)cc2)cc1OC(=O)C=C. The predicted octanol–water partition coefficient (Wildman–Crippen LogP) is 6.15. The molecule has 6 nitrogen and oxygen atoms in total. The number of carbonyl (C=O) groups excluding carboxylic acids is 3. The Balaban J connectivity index is 1.82. The van der Waals surface area contributed by atoms with E-state index >= 15 is 0 Å². The molecule has 0 amide bonds. The molecule has 3 rings (SSSR count). The highest BCUT2D eigenvalue weighted by Crippen LogP contribution is 2.34. The number of carbonyl (C=O) groups is 3. The summed E-state index contributed by atoms with van der Waals surface area (Å²) in [5.41, 5.74) is 2.97. The molecule has 3 aromatic carbocycles. The summed E-state index contributed by atoms with van der Waals surface area (Å²) in [6.45, 7) is 12.2. The molecule has 6 heteroatoms. The Kier molecular flexibility index (Phi) is 7.66. The Morgan fingerprint density at radius 1 is 0.629 bits per heavy atom. The van der Waals surface area contributed by atoms with Gasteiger partial charge in [0.1, 0.15) is 5.75 Å². The van der Waals surface area contributed by atoms with E-state index < -0.39 is 17.4 Å². The van der Waals surface area contributed by atoms with Gasteiger partial charge >= 0.3 is 17.9 Å². The molecule has 0 N–H and O–H groups in total. The molecule has 0 aliphatic heterocycles. The van der Waals surface area contributed by atoms with Gasteiger partial charge in [-0.05, 0) is 67.3 Å². The number of benzene rings is 3. The maximum absolute atomic E-state index is 12.1. The highest BCUT2D eigenvalue weighted by atomic mass is 16.6. The van der Waals surface area contributed by atoms with E-state index in [0.717, 1.165) is 34.4 Å². The average Bonchev–Trinajstić information content (AvgIpc) is 2.85. The van der Waals surface area contributed by atoms with E-state index in [4.69, 9.17) is 14.2 Å². The molecular weight excluding hydrogens is 444 g/mol. The standard InChI is InChI=1S/C29H26O6/c1-6-26(30)34-24-17-14-22(18-25(24)35-27(31)7-2)21-10-8-19(9-11-21)20-12-15-23(16-13-20)33-28(32)29(3,4)5/h6-18H,1-2H2,3-5H3. The zero-order chi connectivity index (χ0) is 25.6. The zero-order valence-electron chi connectivity index (χ0n) is 19.9. The maximum Gasteiger partial charge on any atom is 0.335 e. The Morgan fingerprint density at radius 2 is 1.06 bits per heavy atom. The van der Waals surface area contributed by atoms with Gasteiger partial charge in [0.05, 0.1) is 5.41 Å². The van der Waals surface area contributed by atoms with Crippen molar-refractivity contribution in [2.45, 2.75) is 20.8 Å². The molecule has 35 heavy (non-hydrogen) atoms. The summed E-state index contributed by atoms with van der Waals surface area (Å²) in [6, 6.07) is 20.0. The smallest absolute Gasteiger partial charge is 0.335 e. The second-order valence-corrected chi connectivity index (χ2v) is 8.65. The minimum atomic E-state index is -0.676. The summed E-state index contributed by atoms with van der Waals surface area (Å²) in [5.74, 6) is -0.964. The quantitative estimate of drug-likeness (QED) is 0.234. The van der Waals surface area contributed by atoms with Crippen LogP contribution >= 0.6 is 0 Å². The second-order valence-electron chi connectivity index (χ2n) is 8.65. The van der Waals surface area contributed by atoms with Crippen molar-refractivity contribution in [2.75, 3.05) is 0 Å². The van der Waals surface area contributed by atoms with Crippen LogP contribution in [0.15, 0.2) is 92.0 Å². The van der Waals surface area contributed by atoms with Crippen molar-refractivity contribution in [3.05, 3.63) is 92.0 Å². The molecule has 0 saturated carbocycles. The number of ether oxygens (including phenoxy) is 3. The molecule has 0 spiro atoms. The largest absolute Gasteiger partial charge is 0.426 e. The fourth-order valence-corrected chi connectivity index (χ4v) is 2.98. The summed E-state index contributed by atoms with van der Waals surface area (Å²) in [4.78, 5) is 35.4. The van der Waals surface area contributed by atoms with Crippen LogP contribution in [0.5, 0.6) is 17.2 Å². The predicted molar refractivity (Wildman–Crippen MR) is 134 cm³/mol. The third kappa shape index (κ3) is 6.54. The minimum absolute atomic E-state index is 0.0899. The lowest BCUT2D eigenvalue weighted by Gasteiger charge is -2.16. The van der Waals surface area contributed by atoms with Crippen molar-refractivity contribution in [3.63, 3.8) is 0 Å². The third-order valence-electron chi connectivity index (χ3n) is 4.93. The zero-order valence-corrected chi connectivity index (χ0v) is 19.9. The lowest BCUT2D eigenvalue weighted by Crippen LogP contribution is -2.25. The van der Waals surface area contributed by atoms with E-state index in [2.05, 4.69) is 13.2 Å². The first-order chi connectivity index (χ1) is 16.6. The molecule has 178 valence electrons. The molecule has 0 radical (unpaired) electrons. The molecule has 0 saturated heterocycles. The Hall–Kier alpha value is -4.45. The van der Waals surface area contributed by atoms with Crippen molar-refractivity contribution in [1.29, 1.82) is 0 Å². The van der Waals surface area contributed by atoms with Gasteiger partial charge in [0, 0.05) is 12.2 Å². The van der Waals surface area contributed by atoms with Crippen LogP contribution in [0.4, 0.5) is 0 Å². The molecular formula is C29H26O6. The molecule has 0 aliphatic carbocycles. The van der Waals surface area contributed by atoms with Crippen molar-refractivity contribution >= 4 is 17.9 Å². The number of hydrogen-bond acceptors (Lipinski definition) is 6. The first kappa shape index (κ1) is 25.2. The van der Waals surface area contributed by atoms with Gasteiger partial charge in [0.25, 0.3) is 0 Å². The molecule has 0 aliphatic rings. The monoisotopic (exact) mass is 470 g/mol. The first-order valence-electron chi connectivity index (χ1n) is 10.9. The summed E-state index contributed by atoms with van der Waals surface area (Å²) in [5, 5.41) is 0. The summed E-state index contributed by atoms with van der Waals surface area (Å²) < 4.78 is 15.8. The van der Waals surface area contributed by atoms with Gasteiger partial charge in [0.2, 0.25) is 0 Å². The van der Waals surface area contributed by atoms with Gasteiger partial charge < -0.3 is 14.2 Å². The van der Waals surface area contributed by atoms with Gasteiger partial charge in [-0.25, -0.2) is 9.59 Å². The van der Waals surface area contributed by atoms with E-state index in [1.165, 1.54) is 0 Å². The second kappa shape index (κ2) is 10.7. The van der Waals surface area contributed by atoms with E-state index in [-0.39, 0.29) is 17.5 Å². The normalized spacial score (nSPS) is 10.7. The maximum atomic E-state index is 12.1. The van der Waals surface area contributed by atoms with Crippen LogP contribution in [0.25, 0.3) is 22.3 Å². The molecule has 0 fully saturated rings. The van der Waals surface area contributed by atoms with Gasteiger partial charge in [0.15, 0.2) is 11.5 Å². The number of hydrogen-bond donors (Lipinski definition) is 0. The van der Waals surface area contributed by atoms with Crippen LogP contribution in [-0.2, 0) is 14.4 Å². The van der Waals surface area contributed by atoms with E-state index in [1.54, 1.807) is 51.1 Å². The van der Waals surface area contributed by atoms with Crippen LogP contribution in [0.2, 0.25) is 0 Å². The first-order valence-corrected chi connectivity index (χ1v) is 10.9. The lowest BCUT2D eigenvalue weighted by atomic mass is 9.97. The van der Waals surface area contributed by atoms with E-state index in [9.17, 15) is 14.4 Å². The number of rotatable bonds is 7. The lowest BCUT2D eigenvalue weighted by molar-refractivity contribution is -0.143. The fraction of sp³-hybridized carbons (Fsp3) is 0.138. The third-order valence-corrected chi connectivity index (χ3v) is 4.93. The highest BCUT2D eigenvalue weighted by molar-refractivity contribution is 5.87. The van der Waals surface area contributed by atoms with E-state index in [1.807, 2.05) is 36.4 Å². The van der Waals surface area contributed by atoms with E-state index in [0.29, 0.717) is 5.75 Å². The summed E-state index contributed by atoms with van der Waals surface area (Å²) >= 11 is 0. The highest BCUT2D eigenvalue weighted by Gasteiger charge is 2.23. The molecule has 0 aromatic heterocycles. The molecule has 0 unspecified atom stereocenters. The van der Waals surface area contributed by atoms with Crippen LogP contribution in [-0.4, -0.2) is 17.9 Å². The van der Waals surface area contributed by atoms with Gasteiger partial charge in [-0.15, -0.1) is 0 Å². The Labute approximate surface area is 204 Å². The Morgan fingerprint density at radius 3 is 1.54 bits per heavy atom. The van der Waals surface area contributed by atoms with Crippen LogP contribution < -0.4 is 14.2 Å². The molecule has 3 aromatic rings. The summed E-state index contributed by atoms with van der Waals surface area (Å²) in [6.07, 6.45) is 2.04. The number of esters is 3. The molecule has 0 atom stereocenters. The summed E-state index contributed by atoms with van der Waals surface area (Å²) in [7, 11) is 0. The topological polar surface area (TPSA) is 78.9 Å². The van der Waals surface area contributed by atoms with Crippen molar-refractivity contribution < 1.29 is 28.6 Å². The fourth-order valence-electron chi connectivity index (χ4n) is 2.98. The van der Waals surface area contributed by atoms with Gasteiger partial charge in [-0.3, -0.25) is 4.79 Å². The van der Waals surface area contributed by atoms with Crippen LogP contribution in [0.3, 0.4) is 0 Å². The van der Waals surface area contributed by atoms with Gasteiger partial charge in [-0.1, -0.05) is 55.6 Å². The Bertz CT molecular complexity index is 1260. The van der Waals surface area contributed by atoms with Crippen molar-refractivity contribution in [2.24, 2.45) is 5.41 Å². The van der Waals surface area contributed by atoms with Crippen molar-refractivity contribution in [1.82, 2.24) is 0 Å². The van der Waals surface area contributed by atoms with Gasteiger partial charge in [-0.2, -0.15) is 0 Å². The van der Waals surface area contributed by atoms with Crippen molar-refractivity contribution in [3.8, 4) is 39.5 Å². The minimum Gasteiger partial charge on any atom is -0.426 e. The molecule has 0 bridgehead atoms. The van der Waals surface area contributed by atoms with Crippen LogP contribution in [0.1, 0.15) is 20.8 Å². The molecule has 0 heterocycles. The average molecular weight is 471 g/mol.